The van der Waals surface area contributed by atoms with Gasteiger partial charge >= 0.3 is 0 Å². The molecule has 15 heavy (non-hydrogen) atoms. The van der Waals surface area contributed by atoms with Gasteiger partial charge in [-0.05, 0) is 19.8 Å². The molecule has 0 radical (unpaired) electrons. The number of hydrogen-bond acceptors (Lipinski definition) is 4. The molecule has 1 saturated carbocycles. The molecule has 0 aromatic carbocycles. The fourth-order valence-electron chi connectivity index (χ4n) is 0.986. The molecule has 1 aliphatic carbocycles. The van der Waals surface area contributed by atoms with Crippen molar-refractivity contribution in [3.8, 4) is 6.07 Å². The number of halogens is 1. The number of carbonyl (C=O) groups is 1. The molecule has 0 aliphatic heterocycles. The van der Waals surface area contributed by atoms with Crippen LogP contribution in [0.3, 0.4) is 0 Å². The Morgan fingerprint density at radius 2 is 2.40 bits per heavy atom. The molecule has 0 amide bonds. The summed E-state index contributed by atoms with van der Waals surface area (Å²) in [6.07, 6.45) is 3.40. The smallest absolute Gasteiger partial charge is 0.188 e. The van der Waals surface area contributed by atoms with Gasteiger partial charge in [0.2, 0.25) is 0 Å². The van der Waals surface area contributed by atoms with Gasteiger partial charge in [-0.1, -0.05) is 0 Å². The highest BCUT2D eigenvalue weighted by atomic mass is 19.1. The summed E-state index contributed by atoms with van der Waals surface area (Å²) in [5.41, 5.74) is -1.48. The van der Waals surface area contributed by atoms with Crippen molar-refractivity contribution >= 4 is 12.0 Å². The molecule has 1 fully saturated rings. The highest BCUT2D eigenvalue weighted by molar-refractivity contribution is 5.91. The van der Waals surface area contributed by atoms with E-state index >= 15 is 0 Å². The summed E-state index contributed by atoms with van der Waals surface area (Å²) in [5, 5.41) is 11.2. The second kappa shape index (κ2) is 4.69. The Balaban J connectivity index is 2.42. The monoisotopic (exact) mass is 209 g/mol. The maximum Gasteiger partial charge on any atom is 0.188 e. The lowest BCUT2D eigenvalue weighted by molar-refractivity contribution is -0.124. The Hall–Kier alpha value is -1.70. The lowest BCUT2D eigenvalue weighted by Gasteiger charge is -2.05. The normalized spacial score (nSPS) is 18.6. The number of rotatable bonds is 5. The summed E-state index contributed by atoms with van der Waals surface area (Å²) < 4.78 is 13.2. The zero-order chi connectivity index (χ0) is 11.3. The Labute approximate surface area is 87.5 Å². The molecule has 0 heterocycles. The number of nitriles is 1. The van der Waals surface area contributed by atoms with Crippen LogP contribution in [-0.4, -0.2) is 24.2 Å². The molecule has 0 saturated heterocycles. The first-order valence-corrected chi connectivity index (χ1v) is 4.66. The highest BCUT2D eigenvalue weighted by Gasteiger charge is 2.49. The van der Waals surface area contributed by atoms with Crippen molar-refractivity contribution in [3.63, 3.8) is 0 Å². The summed E-state index contributed by atoms with van der Waals surface area (Å²) >= 11 is 0. The number of allylic oxidation sites excluding steroid dienone is 1. The number of Topliss-reactive ketones (excluding diaryl/α,β-unsaturated/α-hetero) is 1. The third-order valence-corrected chi connectivity index (χ3v) is 2.10. The molecule has 0 aromatic rings. The molecule has 5 heteroatoms. The quantitative estimate of drug-likeness (QED) is 0.544. The Bertz CT molecular complexity index is 350. The molecular formula is C10H12FN3O. The fourth-order valence-corrected chi connectivity index (χ4v) is 0.986. The standard InChI is InChI=1S/C10H12FN3O/c1-2-13-6-8(5-12)14-7-9(15)10(11)3-4-10/h2,6,14H,3-4,7H2,1H3/b8-6-,13-2?. The SMILES string of the molecule is CC=N/C=C(/C#N)NCC(=O)C1(F)CC1. The summed E-state index contributed by atoms with van der Waals surface area (Å²) in [6.45, 7) is 1.55. The van der Waals surface area contributed by atoms with Gasteiger partial charge in [0.1, 0.15) is 11.8 Å². The van der Waals surface area contributed by atoms with Crippen LogP contribution in [0.5, 0.6) is 0 Å². The van der Waals surface area contributed by atoms with Gasteiger partial charge in [-0.15, -0.1) is 0 Å². The van der Waals surface area contributed by atoms with E-state index < -0.39 is 11.5 Å². The lowest BCUT2D eigenvalue weighted by atomic mass is 10.2. The molecule has 0 atom stereocenters. The van der Waals surface area contributed by atoms with Crippen molar-refractivity contribution in [3.05, 3.63) is 11.9 Å². The molecule has 4 nitrogen and oxygen atoms in total. The predicted molar refractivity (Wildman–Crippen MR) is 53.9 cm³/mol. The van der Waals surface area contributed by atoms with Crippen LogP contribution in [0.15, 0.2) is 16.9 Å². The van der Waals surface area contributed by atoms with Crippen molar-refractivity contribution in [2.24, 2.45) is 4.99 Å². The molecule has 1 aliphatic rings. The van der Waals surface area contributed by atoms with Gasteiger partial charge in [0, 0.05) is 6.21 Å². The van der Waals surface area contributed by atoms with Gasteiger partial charge in [0.25, 0.3) is 0 Å². The zero-order valence-corrected chi connectivity index (χ0v) is 8.46. The van der Waals surface area contributed by atoms with Crippen LogP contribution in [0, 0.1) is 11.3 Å². The second-order valence-electron chi connectivity index (χ2n) is 3.30. The molecule has 80 valence electrons. The van der Waals surface area contributed by atoms with Crippen LogP contribution in [0.25, 0.3) is 0 Å². The van der Waals surface area contributed by atoms with E-state index in [1.54, 1.807) is 6.92 Å². The summed E-state index contributed by atoms with van der Waals surface area (Å²) in [5.74, 6) is -0.496. The van der Waals surface area contributed by atoms with E-state index in [1.807, 2.05) is 6.07 Å². The van der Waals surface area contributed by atoms with E-state index in [0.29, 0.717) is 12.8 Å². The summed E-state index contributed by atoms with van der Waals surface area (Å²) in [7, 11) is 0. The minimum atomic E-state index is -1.64. The topological polar surface area (TPSA) is 65.2 Å². The number of carbonyl (C=O) groups excluding carboxylic acids is 1. The fraction of sp³-hybridized carbons (Fsp3) is 0.500. The van der Waals surface area contributed by atoms with Crippen molar-refractivity contribution in [1.82, 2.24) is 5.32 Å². The van der Waals surface area contributed by atoms with Crippen LogP contribution in [0.4, 0.5) is 4.39 Å². The van der Waals surface area contributed by atoms with Crippen LogP contribution < -0.4 is 5.32 Å². The van der Waals surface area contributed by atoms with Crippen molar-refractivity contribution < 1.29 is 9.18 Å². The molecule has 1 rings (SSSR count). The van der Waals surface area contributed by atoms with Gasteiger partial charge < -0.3 is 5.32 Å². The average Bonchev–Trinajstić information content (AvgIpc) is 2.98. The van der Waals surface area contributed by atoms with Gasteiger partial charge in [-0.3, -0.25) is 9.79 Å². The number of nitrogens with one attached hydrogen (secondary N) is 1. The summed E-state index contributed by atoms with van der Waals surface area (Å²) in [4.78, 5) is 14.9. The van der Waals surface area contributed by atoms with E-state index in [0.717, 1.165) is 0 Å². The molecule has 0 spiro atoms. The largest absolute Gasteiger partial charge is 0.368 e. The van der Waals surface area contributed by atoms with Crippen molar-refractivity contribution in [1.29, 1.82) is 5.26 Å². The lowest BCUT2D eigenvalue weighted by Crippen LogP contribution is -2.29. The van der Waals surface area contributed by atoms with Crippen LogP contribution in [0.2, 0.25) is 0 Å². The second-order valence-corrected chi connectivity index (χ2v) is 3.30. The Kier molecular flexibility index (Phi) is 3.56. The number of alkyl halides is 1. The van der Waals surface area contributed by atoms with Crippen LogP contribution in [-0.2, 0) is 4.79 Å². The van der Waals surface area contributed by atoms with E-state index in [2.05, 4.69) is 10.3 Å². The van der Waals surface area contributed by atoms with Crippen LogP contribution in [0.1, 0.15) is 19.8 Å². The molecule has 1 N–H and O–H groups in total. The molecular weight excluding hydrogens is 197 g/mol. The van der Waals surface area contributed by atoms with Gasteiger partial charge in [-0.2, -0.15) is 5.26 Å². The number of aliphatic imine (C=N–C) groups is 1. The molecule has 0 unspecified atom stereocenters. The minimum Gasteiger partial charge on any atom is -0.368 e. The van der Waals surface area contributed by atoms with Gasteiger partial charge in [-0.25, -0.2) is 4.39 Å². The number of hydrogen-bond donors (Lipinski definition) is 1. The first-order valence-electron chi connectivity index (χ1n) is 4.66. The minimum absolute atomic E-state index is 0.158. The Morgan fingerprint density at radius 1 is 1.73 bits per heavy atom. The maximum atomic E-state index is 13.2. The van der Waals surface area contributed by atoms with E-state index in [4.69, 9.17) is 5.26 Å². The molecule has 0 aromatic heterocycles. The van der Waals surface area contributed by atoms with Gasteiger partial charge in [0.05, 0.1) is 12.7 Å². The number of ketones is 1. The predicted octanol–water partition coefficient (Wildman–Crippen LogP) is 1.10. The zero-order valence-electron chi connectivity index (χ0n) is 8.46. The third kappa shape index (κ3) is 3.17. The van der Waals surface area contributed by atoms with E-state index in [9.17, 15) is 9.18 Å². The first-order chi connectivity index (χ1) is 7.12. The van der Waals surface area contributed by atoms with E-state index in [1.165, 1.54) is 12.4 Å². The summed E-state index contributed by atoms with van der Waals surface area (Å²) in [6, 6.07) is 1.83. The van der Waals surface area contributed by atoms with Crippen molar-refractivity contribution in [2.75, 3.05) is 6.54 Å². The van der Waals surface area contributed by atoms with Crippen molar-refractivity contribution in [2.45, 2.75) is 25.4 Å². The van der Waals surface area contributed by atoms with E-state index in [-0.39, 0.29) is 12.2 Å². The number of nitrogens with zero attached hydrogens (tertiary/aromatic N) is 2. The maximum absolute atomic E-state index is 13.2. The highest BCUT2D eigenvalue weighted by Crippen LogP contribution is 2.40. The average molecular weight is 209 g/mol. The van der Waals surface area contributed by atoms with Crippen LogP contribution >= 0.6 is 0 Å². The van der Waals surface area contributed by atoms with Gasteiger partial charge in [0.15, 0.2) is 11.5 Å². The molecule has 0 bridgehead atoms. The third-order valence-electron chi connectivity index (χ3n) is 2.10. The Morgan fingerprint density at radius 3 is 2.87 bits per heavy atom. The first kappa shape index (κ1) is 11.4.